The van der Waals surface area contributed by atoms with Crippen LogP contribution in [0.15, 0.2) is 23.1 Å². The van der Waals surface area contributed by atoms with Crippen LogP contribution >= 0.6 is 11.6 Å². The van der Waals surface area contributed by atoms with Crippen molar-refractivity contribution in [3.8, 4) is 6.07 Å². The van der Waals surface area contributed by atoms with E-state index in [0.29, 0.717) is 12.5 Å². The summed E-state index contributed by atoms with van der Waals surface area (Å²) in [5.41, 5.74) is 0.275. The van der Waals surface area contributed by atoms with E-state index in [-0.39, 0.29) is 15.5 Å². The zero-order valence-corrected chi connectivity index (χ0v) is 12.5. The second kappa shape index (κ2) is 6.55. The zero-order valence-electron chi connectivity index (χ0n) is 10.9. The number of benzene rings is 1. The van der Waals surface area contributed by atoms with Crippen LogP contribution in [0.4, 0.5) is 0 Å². The molecule has 0 spiro atoms. The monoisotopic (exact) mass is 313 g/mol. The highest BCUT2D eigenvalue weighted by Gasteiger charge is 2.21. The molecule has 1 aromatic carbocycles. The lowest BCUT2D eigenvalue weighted by Crippen LogP contribution is -2.36. The van der Waals surface area contributed by atoms with Gasteiger partial charge in [0, 0.05) is 6.54 Å². The molecular weight excluding hydrogens is 298 g/mol. The van der Waals surface area contributed by atoms with Crippen LogP contribution in [0.5, 0.6) is 0 Å². The van der Waals surface area contributed by atoms with Gasteiger partial charge in [0.25, 0.3) is 0 Å². The number of nitrogens with zero attached hydrogens (tertiary/aromatic N) is 1. The maximum Gasteiger partial charge on any atom is 0.242 e. The second-order valence-electron chi connectivity index (χ2n) is 4.80. The van der Waals surface area contributed by atoms with Crippen LogP contribution in [-0.4, -0.2) is 28.1 Å². The lowest BCUT2D eigenvalue weighted by Gasteiger charge is -2.22. The van der Waals surface area contributed by atoms with Crippen molar-refractivity contribution in [2.24, 2.45) is 5.92 Å². The Morgan fingerprint density at radius 3 is 2.75 bits per heavy atom. The highest BCUT2D eigenvalue weighted by atomic mass is 35.5. The molecule has 20 heavy (non-hydrogen) atoms. The molecule has 0 aromatic heterocycles. The van der Waals surface area contributed by atoms with Crippen LogP contribution in [-0.2, 0) is 10.0 Å². The van der Waals surface area contributed by atoms with Crippen molar-refractivity contribution in [3.63, 3.8) is 0 Å². The molecular formula is C13H16ClN3O2S. The minimum Gasteiger partial charge on any atom is -0.317 e. The number of rotatable bonds is 4. The highest BCUT2D eigenvalue weighted by Crippen LogP contribution is 2.22. The van der Waals surface area contributed by atoms with Gasteiger partial charge in [-0.15, -0.1) is 0 Å². The molecule has 1 aromatic rings. The van der Waals surface area contributed by atoms with E-state index in [2.05, 4.69) is 10.0 Å². The fourth-order valence-corrected chi connectivity index (χ4v) is 3.81. The number of piperidine rings is 1. The number of halogens is 1. The van der Waals surface area contributed by atoms with E-state index in [9.17, 15) is 8.42 Å². The Bertz CT molecular complexity index is 619. The number of nitrogens with one attached hydrogen (secondary N) is 2. The molecule has 1 fully saturated rings. The summed E-state index contributed by atoms with van der Waals surface area (Å²) in [6.45, 7) is 2.23. The van der Waals surface area contributed by atoms with Gasteiger partial charge in [-0.25, -0.2) is 13.1 Å². The number of hydrogen-bond acceptors (Lipinski definition) is 4. The first kappa shape index (κ1) is 15.3. The molecule has 0 saturated carbocycles. The van der Waals surface area contributed by atoms with Gasteiger partial charge in [0.05, 0.1) is 16.7 Å². The summed E-state index contributed by atoms with van der Waals surface area (Å²) < 4.78 is 27.1. The average Bonchev–Trinajstić information content (AvgIpc) is 2.47. The first-order valence-corrected chi connectivity index (χ1v) is 8.29. The fourth-order valence-electron chi connectivity index (χ4n) is 2.17. The largest absolute Gasteiger partial charge is 0.317 e. The third kappa shape index (κ3) is 3.70. The summed E-state index contributed by atoms with van der Waals surface area (Å²) in [6, 6.07) is 6.14. The van der Waals surface area contributed by atoms with E-state index in [4.69, 9.17) is 16.9 Å². The molecule has 5 nitrogen and oxygen atoms in total. The smallest absolute Gasteiger partial charge is 0.242 e. The Balaban J connectivity index is 2.11. The molecule has 1 aliphatic heterocycles. The quantitative estimate of drug-likeness (QED) is 0.882. The molecule has 0 radical (unpaired) electrons. The van der Waals surface area contributed by atoms with Crippen LogP contribution in [0.2, 0.25) is 5.02 Å². The van der Waals surface area contributed by atoms with Gasteiger partial charge in [0.1, 0.15) is 4.90 Å². The van der Waals surface area contributed by atoms with E-state index in [1.165, 1.54) is 18.2 Å². The van der Waals surface area contributed by atoms with Gasteiger partial charge in [-0.1, -0.05) is 11.6 Å². The van der Waals surface area contributed by atoms with Gasteiger partial charge in [-0.2, -0.15) is 5.26 Å². The number of sulfonamides is 1. The van der Waals surface area contributed by atoms with Gasteiger partial charge >= 0.3 is 0 Å². The van der Waals surface area contributed by atoms with E-state index < -0.39 is 10.0 Å². The first-order chi connectivity index (χ1) is 9.53. The SMILES string of the molecule is N#Cc1ccc(Cl)c(S(=O)(=O)NCC2CCNCC2)c1. The summed E-state index contributed by atoms with van der Waals surface area (Å²) in [6.07, 6.45) is 1.91. The van der Waals surface area contributed by atoms with Gasteiger partial charge in [-0.3, -0.25) is 0 Å². The average molecular weight is 314 g/mol. The molecule has 1 heterocycles. The predicted molar refractivity (Wildman–Crippen MR) is 76.9 cm³/mol. The minimum absolute atomic E-state index is 0.0350. The predicted octanol–water partition coefficient (Wildman–Crippen LogP) is 1.49. The second-order valence-corrected chi connectivity index (χ2v) is 6.94. The Morgan fingerprint density at radius 1 is 1.40 bits per heavy atom. The summed E-state index contributed by atoms with van der Waals surface area (Å²) in [7, 11) is -3.68. The molecule has 0 atom stereocenters. The van der Waals surface area contributed by atoms with E-state index >= 15 is 0 Å². The third-order valence-electron chi connectivity index (χ3n) is 3.37. The Hall–Kier alpha value is -1.13. The summed E-state index contributed by atoms with van der Waals surface area (Å²) in [4.78, 5) is -0.0350. The van der Waals surface area contributed by atoms with Crippen molar-refractivity contribution in [3.05, 3.63) is 28.8 Å². The Morgan fingerprint density at radius 2 is 2.10 bits per heavy atom. The molecule has 7 heteroatoms. The van der Waals surface area contributed by atoms with Crippen molar-refractivity contribution in [2.45, 2.75) is 17.7 Å². The third-order valence-corrected chi connectivity index (χ3v) is 5.28. The molecule has 2 N–H and O–H groups in total. The first-order valence-electron chi connectivity index (χ1n) is 6.43. The van der Waals surface area contributed by atoms with Gasteiger partial charge in [-0.05, 0) is 50.0 Å². The van der Waals surface area contributed by atoms with Crippen molar-refractivity contribution in [2.75, 3.05) is 19.6 Å². The maximum atomic E-state index is 12.2. The summed E-state index contributed by atoms with van der Waals surface area (Å²) in [5.74, 6) is 0.337. The van der Waals surface area contributed by atoms with Crippen LogP contribution in [0, 0.1) is 17.2 Å². The number of hydrogen-bond donors (Lipinski definition) is 2. The van der Waals surface area contributed by atoms with Crippen molar-refractivity contribution in [1.29, 1.82) is 5.26 Å². The van der Waals surface area contributed by atoms with Crippen LogP contribution in [0.3, 0.4) is 0 Å². The highest BCUT2D eigenvalue weighted by molar-refractivity contribution is 7.89. The fraction of sp³-hybridized carbons (Fsp3) is 0.462. The topological polar surface area (TPSA) is 82.0 Å². The number of nitriles is 1. The van der Waals surface area contributed by atoms with E-state index in [0.717, 1.165) is 25.9 Å². The lowest BCUT2D eigenvalue weighted by molar-refractivity contribution is 0.372. The summed E-state index contributed by atoms with van der Waals surface area (Å²) in [5, 5.41) is 12.2. The molecule has 0 amide bonds. The molecule has 0 aliphatic carbocycles. The van der Waals surface area contributed by atoms with Gasteiger partial charge < -0.3 is 5.32 Å². The molecule has 2 rings (SSSR count). The van der Waals surface area contributed by atoms with Crippen LogP contribution in [0.1, 0.15) is 18.4 Å². The van der Waals surface area contributed by atoms with Crippen LogP contribution in [0.25, 0.3) is 0 Å². The molecule has 0 unspecified atom stereocenters. The standard InChI is InChI=1S/C13H16ClN3O2S/c14-12-2-1-11(8-15)7-13(12)20(18,19)17-9-10-3-5-16-6-4-10/h1-2,7,10,16-17H,3-6,9H2. The molecule has 108 valence electrons. The van der Waals surface area contributed by atoms with E-state index in [1.807, 2.05) is 6.07 Å². The normalized spacial score (nSPS) is 16.8. The molecule has 0 bridgehead atoms. The zero-order chi connectivity index (χ0) is 14.6. The van der Waals surface area contributed by atoms with Gasteiger partial charge in [0.2, 0.25) is 10.0 Å². The van der Waals surface area contributed by atoms with Crippen molar-refractivity contribution in [1.82, 2.24) is 10.0 Å². The maximum absolute atomic E-state index is 12.2. The molecule has 1 aliphatic rings. The Labute approximate surface area is 124 Å². The lowest BCUT2D eigenvalue weighted by atomic mass is 9.99. The van der Waals surface area contributed by atoms with Crippen LogP contribution < -0.4 is 10.0 Å². The molecule has 1 saturated heterocycles. The van der Waals surface area contributed by atoms with E-state index in [1.54, 1.807) is 0 Å². The van der Waals surface area contributed by atoms with Crippen molar-refractivity contribution < 1.29 is 8.42 Å². The minimum atomic E-state index is -3.68. The van der Waals surface area contributed by atoms with Crippen molar-refractivity contribution >= 4 is 21.6 Å². The van der Waals surface area contributed by atoms with Gasteiger partial charge in [0.15, 0.2) is 0 Å². The summed E-state index contributed by atoms with van der Waals surface area (Å²) >= 11 is 5.92. The Kier molecular flexibility index (Phi) is 5.00.